The number of benzene rings is 3. The summed E-state index contributed by atoms with van der Waals surface area (Å²) in [5, 5.41) is 1.10. The van der Waals surface area contributed by atoms with Gasteiger partial charge in [-0.25, -0.2) is 9.37 Å². The van der Waals surface area contributed by atoms with Crippen LogP contribution in [0.3, 0.4) is 0 Å². The van der Waals surface area contributed by atoms with Crippen LogP contribution in [0.1, 0.15) is 15.9 Å². The molecule has 0 bridgehead atoms. The Morgan fingerprint density at radius 2 is 1.79 bits per heavy atom. The Balaban J connectivity index is 1.58. The van der Waals surface area contributed by atoms with E-state index >= 15 is 0 Å². The molecule has 0 saturated heterocycles. The van der Waals surface area contributed by atoms with E-state index in [0.717, 1.165) is 23.4 Å². The number of hydrazine groups is 1. The van der Waals surface area contributed by atoms with E-state index < -0.39 is 17.6 Å². The lowest BCUT2D eigenvalue weighted by Crippen LogP contribution is -2.42. The summed E-state index contributed by atoms with van der Waals surface area (Å²) >= 11 is 7.09. The molecule has 2 amide bonds. The van der Waals surface area contributed by atoms with Crippen LogP contribution in [0.15, 0.2) is 76.7 Å². The van der Waals surface area contributed by atoms with Crippen LogP contribution in [0.4, 0.5) is 4.39 Å². The first-order chi connectivity index (χ1) is 16.3. The molecule has 0 aliphatic carbocycles. The second-order valence-corrected chi connectivity index (χ2v) is 8.63. The zero-order chi connectivity index (χ0) is 24.2. The number of carbonyl (C=O) groups excluding carboxylic acids is 2. The van der Waals surface area contributed by atoms with E-state index in [1.165, 1.54) is 22.8 Å². The number of aryl methyl sites for hydroxylation is 1. The monoisotopic (exact) mass is 496 g/mol. The number of fused-ring (bicyclic) bond motifs is 1. The number of nitrogens with one attached hydrogen (secondary N) is 2. The Hall–Kier alpha value is -3.69. The number of rotatable bonds is 5. The van der Waals surface area contributed by atoms with Gasteiger partial charge >= 0.3 is 0 Å². The predicted octanol–water partition coefficient (Wildman–Crippen LogP) is 4.04. The Bertz CT molecular complexity index is 1470. The number of hydrogen-bond donors (Lipinski definition) is 2. The van der Waals surface area contributed by atoms with Crippen molar-refractivity contribution < 1.29 is 14.0 Å². The number of nitrogens with zero attached hydrogens (tertiary/aromatic N) is 2. The number of para-hydroxylation sites is 1. The van der Waals surface area contributed by atoms with Gasteiger partial charge in [-0.2, -0.15) is 0 Å². The van der Waals surface area contributed by atoms with Gasteiger partial charge in [-0.15, -0.1) is 0 Å². The summed E-state index contributed by atoms with van der Waals surface area (Å²) < 4.78 is 15.2. The minimum Gasteiger partial charge on any atom is -0.272 e. The molecule has 0 fully saturated rings. The molecule has 0 atom stereocenters. The predicted molar refractivity (Wildman–Crippen MR) is 130 cm³/mol. The molecule has 2 N–H and O–H groups in total. The first-order valence-electron chi connectivity index (χ1n) is 10.1. The van der Waals surface area contributed by atoms with Crippen molar-refractivity contribution in [1.29, 1.82) is 0 Å². The van der Waals surface area contributed by atoms with Gasteiger partial charge in [0, 0.05) is 5.02 Å². The van der Waals surface area contributed by atoms with Gasteiger partial charge in [-0.1, -0.05) is 53.7 Å². The third kappa shape index (κ3) is 4.95. The Labute approximate surface area is 202 Å². The molecule has 172 valence electrons. The molecular weight excluding hydrogens is 479 g/mol. The van der Waals surface area contributed by atoms with E-state index in [-0.39, 0.29) is 22.0 Å². The van der Waals surface area contributed by atoms with Crippen LogP contribution in [-0.4, -0.2) is 27.1 Å². The second-order valence-electron chi connectivity index (χ2n) is 7.25. The molecule has 0 aliphatic rings. The summed E-state index contributed by atoms with van der Waals surface area (Å²) in [5.41, 5.74) is 5.82. The van der Waals surface area contributed by atoms with Crippen molar-refractivity contribution in [2.45, 2.75) is 12.1 Å². The van der Waals surface area contributed by atoms with E-state index in [0.29, 0.717) is 21.6 Å². The molecular formula is C24H18ClFN4O3S. The Kier molecular flexibility index (Phi) is 6.95. The molecule has 4 aromatic rings. The smallest absolute Gasteiger partial charge is 0.272 e. The minimum atomic E-state index is -0.785. The normalized spacial score (nSPS) is 10.8. The van der Waals surface area contributed by atoms with Gasteiger partial charge in [0.05, 0.1) is 27.9 Å². The van der Waals surface area contributed by atoms with Gasteiger partial charge < -0.3 is 0 Å². The van der Waals surface area contributed by atoms with Crippen molar-refractivity contribution in [3.8, 4) is 5.69 Å². The number of aromatic nitrogens is 2. The molecule has 4 rings (SSSR count). The third-order valence-corrected chi connectivity index (χ3v) is 6.10. The zero-order valence-electron chi connectivity index (χ0n) is 17.8. The van der Waals surface area contributed by atoms with Crippen LogP contribution >= 0.6 is 23.4 Å². The van der Waals surface area contributed by atoms with Crippen LogP contribution < -0.4 is 16.4 Å². The SMILES string of the molecule is Cc1ccccc1-n1c(SCC(=O)NNC(=O)c2ccccc2F)nc2cc(Cl)ccc2c1=O. The van der Waals surface area contributed by atoms with Crippen molar-refractivity contribution in [1.82, 2.24) is 20.4 Å². The number of halogens is 2. The first-order valence-corrected chi connectivity index (χ1v) is 11.5. The van der Waals surface area contributed by atoms with Crippen molar-refractivity contribution in [3.63, 3.8) is 0 Å². The number of hydrogen-bond acceptors (Lipinski definition) is 5. The van der Waals surface area contributed by atoms with Gasteiger partial charge in [0.15, 0.2) is 5.16 Å². The highest BCUT2D eigenvalue weighted by Crippen LogP contribution is 2.24. The van der Waals surface area contributed by atoms with Crippen molar-refractivity contribution >= 4 is 46.1 Å². The summed E-state index contributed by atoms with van der Waals surface area (Å²) in [6.45, 7) is 1.87. The molecule has 3 aromatic carbocycles. The molecule has 0 unspecified atom stereocenters. The molecule has 0 saturated carbocycles. The summed E-state index contributed by atoms with van der Waals surface area (Å²) in [7, 11) is 0. The molecule has 0 radical (unpaired) electrons. The van der Waals surface area contributed by atoms with Crippen LogP contribution in [0.2, 0.25) is 5.02 Å². The Morgan fingerprint density at radius 3 is 2.56 bits per heavy atom. The highest BCUT2D eigenvalue weighted by atomic mass is 35.5. The standard InChI is InChI=1S/C24H18ClFN4O3S/c1-14-6-2-5-9-20(14)30-23(33)17-11-10-15(25)12-19(17)27-24(30)34-13-21(31)28-29-22(32)16-7-3-4-8-18(16)26/h2-12H,13H2,1H3,(H,28,31)(H,29,32). The molecule has 1 heterocycles. The van der Waals surface area contributed by atoms with E-state index in [1.807, 2.05) is 19.1 Å². The molecule has 7 nitrogen and oxygen atoms in total. The zero-order valence-corrected chi connectivity index (χ0v) is 19.4. The van der Waals surface area contributed by atoms with Crippen molar-refractivity contribution in [3.05, 3.63) is 99.1 Å². The summed E-state index contributed by atoms with van der Waals surface area (Å²) in [4.78, 5) is 42.4. The average molecular weight is 497 g/mol. The minimum absolute atomic E-state index is 0.165. The highest BCUT2D eigenvalue weighted by Gasteiger charge is 2.17. The lowest BCUT2D eigenvalue weighted by Gasteiger charge is -2.15. The fourth-order valence-corrected chi connectivity index (χ4v) is 4.24. The van der Waals surface area contributed by atoms with Crippen LogP contribution in [-0.2, 0) is 4.79 Å². The molecule has 0 aliphatic heterocycles. The largest absolute Gasteiger partial charge is 0.272 e. The van der Waals surface area contributed by atoms with Crippen molar-refractivity contribution in [2.24, 2.45) is 0 Å². The Morgan fingerprint density at radius 1 is 1.06 bits per heavy atom. The maximum atomic E-state index is 13.7. The maximum absolute atomic E-state index is 13.7. The van der Waals surface area contributed by atoms with Crippen LogP contribution in [0.5, 0.6) is 0 Å². The fraction of sp³-hybridized carbons (Fsp3) is 0.0833. The van der Waals surface area contributed by atoms with E-state index in [2.05, 4.69) is 15.8 Å². The van der Waals surface area contributed by atoms with E-state index in [4.69, 9.17) is 11.6 Å². The first kappa shape index (κ1) is 23.5. The molecule has 34 heavy (non-hydrogen) atoms. The molecule has 1 aromatic heterocycles. The second kappa shape index (κ2) is 10.1. The summed E-state index contributed by atoms with van der Waals surface area (Å²) in [6, 6.07) is 17.6. The lowest BCUT2D eigenvalue weighted by molar-refractivity contribution is -0.119. The fourth-order valence-electron chi connectivity index (χ4n) is 3.27. The summed E-state index contributed by atoms with van der Waals surface area (Å²) in [6.07, 6.45) is 0. The quantitative estimate of drug-likeness (QED) is 0.247. The van der Waals surface area contributed by atoms with E-state index in [1.54, 1.807) is 30.3 Å². The van der Waals surface area contributed by atoms with Gasteiger partial charge in [0.1, 0.15) is 5.82 Å². The third-order valence-electron chi connectivity index (χ3n) is 4.92. The van der Waals surface area contributed by atoms with Gasteiger partial charge in [0.2, 0.25) is 5.91 Å². The average Bonchev–Trinajstić information content (AvgIpc) is 2.82. The van der Waals surface area contributed by atoms with E-state index in [9.17, 15) is 18.8 Å². The summed E-state index contributed by atoms with van der Waals surface area (Å²) in [5.74, 6) is -2.22. The van der Waals surface area contributed by atoms with Crippen molar-refractivity contribution in [2.75, 3.05) is 5.75 Å². The van der Waals surface area contributed by atoms with Crippen LogP contribution in [0.25, 0.3) is 16.6 Å². The van der Waals surface area contributed by atoms with Gasteiger partial charge in [-0.3, -0.25) is 29.8 Å². The maximum Gasteiger partial charge on any atom is 0.272 e. The van der Waals surface area contributed by atoms with Gasteiger partial charge in [0.25, 0.3) is 11.5 Å². The number of carbonyl (C=O) groups is 2. The van der Waals surface area contributed by atoms with Crippen LogP contribution in [0, 0.1) is 12.7 Å². The molecule has 0 spiro atoms. The van der Waals surface area contributed by atoms with Gasteiger partial charge in [-0.05, 0) is 48.9 Å². The topological polar surface area (TPSA) is 93.1 Å². The lowest BCUT2D eigenvalue weighted by atomic mass is 10.2. The highest BCUT2D eigenvalue weighted by molar-refractivity contribution is 7.99. The number of thioether (sulfide) groups is 1. The number of amides is 2. The molecule has 10 heteroatoms.